The van der Waals surface area contributed by atoms with E-state index in [1.54, 1.807) is 31.2 Å². The van der Waals surface area contributed by atoms with Gasteiger partial charge in [0.15, 0.2) is 0 Å². The Bertz CT molecular complexity index is 584. The summed E-state index contributed by atoms with van der Waals surface area (Å²) in [7, 11) is 1.64. The van der Waals surface area contributed by atoms with Crippen LogP contribution in [0.4, 0.5) is 0 Å². The fourth-order valence-electron chi connectivity index (χ4n) is 1.64. The van der Waals surface area contributed by atoms with E-state index < -0.39 is 0 Å². The van der Waals surface area contributed by atoms with Gasteiger partial charge >= 0.3 is 0 Å². The van der Waals surface area contributed by atoms with Gasteiger partial charge in [-0.3, -0.25) is 0 Å². The summed E-state index contributed by atoms with van der Waals surface area (Å²) in [6, 6.07) is 9.54. The highest BCUT2D eigenvalue weighted by Crippen LogP contribution is 2.30. The third-order valence-corrected chi connectivity index (χ3v) is 3.79. The minimum absolute atomic E-state index is 0.648. The van der Waals surface area contributed by atoms with Gasteiger partial charge in [-0.05, 0) is 31.2 Å². The molecule has 0 aliphatic heterocycles. The highest BCUT2D eigenvalue weighted by molar-refractivity contribution is 7.98. The van der Waals surface area contributed by atoms with E-state index in [0.717, 1.165) is 27.7 Å². The molecule has 0 atom stereocenters. The third-order valence-electron chi connectivity index (χ3n) is 2.60. The smallest absolute Gasteiger partial charge is 0.122 e. The van der Waals surface area contributed by atoms with E-state index >= 15 is 0 Å². The molecule has 0 aliphatic carbocycles. The summed E-state index contributed by atoms with van der Waals surface area (Å²) in [4.78, 5) is 1.11. The highest BCUT2D eigenvalue weighted by atomic mass is 32.2. The van der Waals surface area contributed by atoms with Crippen molar-refractivity contribution in [1.29, 1.82) is 5.26 Å². The maximum absolute atomic E-state index is 8.91. The number of methoxy groups -OCH3 is 1. The molecule has 4 heteroatoms. The van der Waals surface area contributed by atoms with Gasteiger partial charge in [-0.25, -0.2) is 0 Å². The van der Waals surface area contributed by atoms with Gasteiger partial charge in [0.05, 0.1) is 25.0 Å². The van der Waals surface area contributed by atoms with Crippen LogP contribution in [0.3, 0.4) is 0 Å². The zero-order chi connectivity index (χ0) is 13.0. The van der Waals surface area contributed by atoms with E-state index in [2.05, 4.69) is 6.07 Å². The molecule has 2 aromatic rings. The molecule has 0 aliphatic rings. The van der Waals surface area contributed by atoms with E-state index in [4.69, 9.17) is 14.4 Å². The number of nitriles is 1. The van der Waals surface area contributed by atoms with Crippen LogP contribution in [0.1, 0.15) is 16.9 Å². The predicted octanol–water partition coefficient (Wildman–Crippen LogP) is 3.76. The number of thioether (sulfide) groups is 1. The first kappa shape index (κ1) is 12.6. The Morgan fingerprint density at radius 3 is 2.83 bits per heavy atom. The lowest BCUT2D eigenvalue weighted by atomic mass is 10.1. The average molecular weight is 259 g/mol. The molecule has 1 heterocycles. The van der Waals surface area contributed by atoms with Crippen LogP contribution in [0, 0.1) is 18.3 Å². The van der Waals surface area contributed by atoms with Crippen molar-refractivity contribution in [2.45, 2.75) is 17.6 Å². The van der Waals surface area contributed by atoms with Gasteiger partial charge in [-0.2, -0.15) is 5.26 Å². The molecular weight excluding hydrogens is 246 g/mol. The first-order valence-electron chi connectivity index (χ1n) is 5.48. The van der Waals surface area contributed by atoms with Gasteiger partial charge in [0.2, 0.25) is 0 Å². The van der Waals surface area contributed by atoms with E-state index in [9.17, 15) is 0 Å². The lowest BCUT2D eigenvalue weighted by molar-refractivity contribution is 0.411. The summed E-state index contributed by atoms with van der Waals surface area (Å²) in [6.07, 6.45) is 1.68. The fraction of sp³-hybridized carbons (Fsp3) is 0.214. The molecule has 0 fully saturated rings. The summed E-state index contributed by atoms with van der Waals surface area (Å²) in [6.45, 7) is 1.94. The molecule has 3 nitrogen and oxygen atoms in total. The number of rotatable bonds is 4. The maximum Gasteiger partial charge on any atom is 0.122 e. The molecule has 0 N–H and O–H groups in total. The molecule has 1 aromatic carbocycles. The van der Waals surface area contributed by atoms with Crippen molar-refractivity contribution >= 4 is 11.8 Å². The van der Waals surface area contributed by atoms with Crippen LogP contribution in [0.25, 0.3) is 0 Å². The van der Waals surface area contributed by atoms with Crippen LogP contribution in [-0.2, 0) is 5.75 Å². The van der Waals surface area contributed by atoms with Crippen molar-refractivity contribution < 1.29 is 9.15 Å². The zero-order valence-corrected chi connectivity index (χ0v) is 11.1. The molecule has 0 spiro atoms. The highest BCUT2D eigenvalue weighted by Gasteiger charge is 2.07. The summed E-state index contributed by atoms with van der Waals surface area (Å²) in [5.41, 5.74) is 1.66. The van der Waals surface area contributed by atoms with Gasteiger partial charge in [0, 0.05) is 16.2 Å². The maximum atomic E-state index is 8.91. The second-order valence-electron chi connectivity index (χ2n) is 3.77. The minimum Gasteiger partial charge on any atom is -0.496 e. The van der Waals surface area contributed by atoms with E-state index in [-0.39, 0.29) is 0 Å². The summed E-state index contributed by atoms with van der Waals surface area (Å²) in [5.74, 6) is 2.47. The SMILES string of the molecule is COc1ccc(C#N)cc1CSc1ccoc1C. The molecule has 2 rings (SSSR count). The monoisotopic (exact) mass is 259 g/mol. The number of furan rings is 1. The second-order valence-corrected chi connectivity index (χ2v) is 4.79. The fourth-order valence-corrected chi connectivity index (χ4v) is 2.58. The summed E-state index contributed by atoms with van der Waals surface area (Å²) >= 11 is 1.67. The zero-order valence-electron chi connectivity index (χ0n) is 10.3. The molecule has 1 aromatic heterocycles. The molecule has 0 saturated carbocycles. The number of hydrogen-bond donors (Lipinski definition) is 0. The molecule has 0 bridgehead atoms. The van der Waals surface area contributed by atoms with Gasteiger partial charge in [-0.15, -0.1) is 11.8 Å². The lowest BCUT2D eigenvalue weighted by Crippen LogP contribution is -1.91. The third kappa shape index (κ3) is 2.69. The van der Waals surface area contributed by atoms with Gasteiger partial charge in [0.1, 0.15) is 11.5 Å². The van der Waals surface area contributed by atoms with Crippen molar-refractivity contribution in [2.75, 3.05) is 7.11 Å². The molecule has 92 valence electrons. The molecule has 0 amide bonds. The first-order chi connectivity index (χ1) is 8.74. The number of nitrogens with zero attached hydrogens (tertiary/aromatic N) is 1. The Morgan fingerprint density at radius 2 is 2.22 bits per heavy atom. The normalized spacial score (nSPS) is 10.1. The number of ether oxygens (including phenoxy) is 1. The molecular formula is C14H13NO2S. The topological polar surface area (TPSA) is 46.2 Å². The Balaban J connectivity index is 2.18. The molecule has 18 heavy (non-hydrogen) atoms. The van der Waals surface area contributed by atoms with Crippen molar-refractivity contribution in [2.24, 2.45) is 0 Å². The van der Waals surface area contributed by atoms with Crippen LogP contribution in [0.5, 0.6) is 5.75 Å². The van der Waals surface area contributed by atoms with Crippen LogP contribution in [0.15, 0.2) is 39.8 Å². The average Bonchev–Trinajstić information content (AvgIpc) is 2.81. The van der Waals surface area contributed by atoms with Crippen molar-refractivity contribution in [3.63, 3.8) is 0 Å². The molecule has 0 radical (unpaired) electrons. The molecule has 0 saturated heterocycles. The number of aryl methyl sites for hydroxylation is 1. The number of hydrogen-bond acceptors (Lipinski definition) is 4. The predicted molar refractivity (Wildman–Crippen MR) is 70.7 cm³/mol. The Morgan fingerprint density at radius 1 is 1.39 bits per heavy atom. The largest absolute Gasteiger partial charge is 0.496 e. The lowest BCUT2D eigenvalue weighted by Gasteiger charge is -2.08. The minimum atomic E-state index is 0.648. The van der Waals surface area contributed by atoms with Gasteiger partial charge < -0.3 is 9.15 Å². The Hall–Kier alpha value is -1.86. The Labute approximate surface area is 110 Å². The summed E-state index contributed by atoms with van der Waals surface area (Å²) in [5, 5.41) is 8.91. The molecule has 0 unspecified atom stereocenters. The van der Waals surface area contributed by atoms with Gasteiger partial charge in [0.25, 0.3) is 0 Å². The Kier molecular flexibility index (Phi) is 3.96. The van der Waals surface area contributed by atoms with E-state index in [0.29, 0.717) is 5.56 Å². The van der Waals surface area contributed by atoms with Crippen molar-refractivity contribution in [3.05, 3.63) is 47.4 Å². The van der Waals surface area contributed by atoms with E-state index in [1.165, 1.54) is 0 Å². The summed E-state index contributed by atoms with van der Waals surface area (Å²) < 4.78 is 10.5. The standard InChI is InChI=1S/C14H13NO2S/c1-10-14(5-6-17-10)18-9-12-7-11(8-15)3-4-13(12)16-2/h3-7H,9H2,1-2H3. The van der Waals surface area contributed by atoms with Crippen LogP contribution >= 0.6 is 11.8 Å². The first-order valence-corrected chi connectivity index (χ1v) is 6.47. The second kappa shape index (κ2) is 5.65. The van der Waals surface area contributed by atoms with Crippen molar-refractivity contribution in [1.82, 2.24) is 0 Å². The van der Waals surface area contributed by atoms with Crippen LogP contribution < -0.4 is 4.74 Å². The van der Waals surface area contributed by atoms with Gasteiger partial charge in [-0.1, -0.05) is 0 Å². The van der Waals surface area contributed by atoms with Crippen molar-refractivity contribution in [3.8, 4) is 11.8 Å². The quantitative estimate of drug-likeness (QED) is 0.784. The number of benzene rings is 1. The van der Waals surface area contributed by atoms with Crippen LogP contribution in [0.2, 0.25) is 0 Å². The van der Waals surface area contributed by atoms with Crippen LogP contribution in [-0.4, -0.2) is 7.11 Å². The van der Waals surface area contributed by atoms with E-state index in [1.807, 2.05) is 25.1 Å².